The summed E-state index contributed by atoms with van der Waals surface area (Å²) < 4.78 is 0. The van der Waals surface area contributed by atoms with E-state index < -0.39 is 10.9 Å². The zero-order valence-corrected chi connectivity index (χ0v) is 14.7. The minimum absolute atomic E-state index is 0.0590. The maximum Gasteiger partial charge on any atom is 0.365 e. The molecule has 1 fully saturated rings. The molecule has 1 aromatic rings. The van der Waals surface area contributed by atoms with Gasteiger partial charge in [0.2, 0.25) is 0 Å². The number of carbonyl (C=O) groups is 2. The molecule has 0 radical (unpaired) electrons. The number of rotatable bonds is 3. The third-order valence-corrected chi connectivity index (χ3v) is 5.67. The Hall–Kier alpha value is -3.09. The summed E-state index contributed by atoms with van der Waals surface area (Å²) in [5, 5.41) is 15.0. The average molecular weight is 366 g/mol. The molecule has 1 aromatic carbocycles. The predicted molar refractivity (Wildman–Crippen MR) is 97.0 cm³/mol. The SMILES string of the molecule is CC1=CC(=O)[C@H]2[C@@H](/C1=N/OC(=O)c1cccc([N+](=O)[O-])c1)[C@H]1C=C[C@@H]2CC1. The van der Waals surface area contributed by atoms with Crippen LogP contribution in [-0.2, 0) is 9.63 Å². The first-order valence-corrected chi connectivity index (χ1v) is 8.90. The second-order valence-corrected chi connectivity index (χ2v) is 7.23. The van der Waals surface area contributed by atoms with Gasteiger partial charge >= 0.3 is 5.97 Å². The molecular formula is C20H18N2O5. The van der Waals surface area contributed by atoms with E-state index in [9.17, 15) is 19.7 Å². The molecule has 0 unspecified atom stereocenters. The van der Waals surface area contributed by atoms with Crippen LogP contribution >= 0.6 is 0 Å². The minimum atomic E-state index is -0.760. The van der Waals surface area contributed by atoms with E-state index in [1.54, 1.807) is 13.0 Å². The Morgan fingerprint density at radius 1 is 1.22 bits per heavy atom. The highest BCUT2D eigenvalue weighted by molar-refractivity contribution is 6.13. The van der Waals surface area contributed by atoms with Crippen molar-refractivity contribution >= 4 is 23.2 Å². The quantitative estimate of drug-likeness (QED) is 0.353. The molecule has 0 aliphatic heterocycles. The van der Waals surface area contributed by atoms with Crippen LogP contribution < -0.4 is 0 Å². The van der Waals surface area contributed by atoms with E-state index in [2.05, 4.69) is 17.3 Å². The van der Waals surface area contributed by atoms with Crippen molar-refractivity contribution in [2.45, 2.75) is 19.8 Å². The zero-order chi connectivity index (χ0) is 19.1. The molecule has 27 heavy (non-hydrogen) atoms. The molecule has 0 N–H and O–H groups in total. The number of carbonyl (C=O) groups excluding carboxylic acids is 2. The van der Waals surface area contributed by atoms with Crippen LogP contribution in [0.2, 0.25) is 0 Å². The molecule has 5 rings (SSSR count). The Balaban J connectivity index is 1.61. The number of fused-ring (bicyclic) bond motifs is 1. The first-order chi connectivity index (χ1) is 13.0. The van der Waals surface area contributed by atoms with Crippen LogP contribution in [0.3, 0.4) is 0 Å². The number of ketones is 1. The van der Waals surface area contributed by atoms with E-state index in [1.165, 1.54) is 18.2 Å². The maximum atomic E-state index is 12.5. The Bertz CT molecular complexity index is 930. The molecule has 0 saturated heterocycles. The molecule has 0 heterocycles. The van der Waals surface area contributed by atoms with Crippen LogP contribution in [0.4, 0.5) is 5.69 Å². The van der Waals surface area contributed by atoms with E-state index in [0.29, 0.717) is 11.3 Å². The number of oxime groups is 1. The van der Waals surface area contributed by atoms with Gasteiger partial charge in [0.25, 0.3) is 5.69 Å². The summed E-state index contributed by atoms with van der Waals surface area (Å²) in [6, 6.07) is 5.33. The van der Waals surface area contributed by atoms with Gasteiger partial charge < -0.3 is 4.84 Å². The fourth-order valence-electron chi connectivity index (χ4n) is 4.42. The maximum absolute atomic E-state index is 12.5. The van der Waals surface area contributed by atoms with Crippen molar-refractivity contribution in [3.63, 3.8) is 0 Å². The standard InChI is InChI=1S/C20H18N2O5/c1-11-9-16(23)17-12-5-7-13(8-6-12)18(17)19(11)21-27-20(24)14-3-2-4-15(10-14)22(25)26/h2-5,7,9-10,12-13,17-18H,6,8H2,1H3/b21-19+/t12-,13+,17+,18+/m1/s1. The fourth-order valence-corrected chi connectivity index (χ4v) is 4.42. The fraction of sp³-hybridized carbons (Fsp3) is 0.350. The normalized spacial score (nSPS) is 30.0. The summed E-state index contributed by atoms with van der Waals surface area (Å²) in [6.45, 7) is 1.79. The summed E-state index contributed by atoms with van der Waals surface area (Å²) in [7, 11) is 0. The van der Waals surface area contributed by atoms with E-state index in [4.69, 9.17) is 4.84 Å². The van der Waals surface area contributed by atoms with Gasteiger partial charge in [-0.1, -0.05) is 23.4 Å². The van der Waals surface area contributed by atoms with Gasteiger partial charge in [-0.05, 0) is 49.3 Å². The molecule has 4 aliphatic rings. The highest BCUT2D eigenvalue weighted by atomic mass is 16.7. The lowest BCUT2D eigenvalue weighted by Gasteiger charge is -2.46. The van der Waals surface area contributed by atoms with Gasteiger partial charge in [0.05, 0.1) is 16.2 Å². The third-order valence-electron chi connectivity index (χ3n) is 5.67. The second kappa shape index (κ2) is 6.57. The Kier molecular flexibility index (Phi) is 4.22. The van der Waals surface area contributed by atoms with Crippen molar-refractivity contribution in [2.75, 3.05) is 0 Å². The predicted octanol–water partition coefficient (Wildman–Crippen LogP) is 3.47. The van der Waals surface area contributed by atoms with Gasteiger partial charge in [-0.25, -0.2) is 4.79 Å². The van der Waals surface area contributed by atoms with Gasteiger partial charge in [0.1, 0.15) is 0 Å². The highest BCUT2D eigenvalue weighted by Crippen LogP contribution is 2.48. The van der Waals surface area contributed by atoms with Crippen LogP contribution in [0.5, 0.6) is 0 Å². The Labute approximate surface area is 155 Å². The van der Waals surface area contributed by atoms with Crippen LogP contribution in [0, 0.1) is 33.8 Å². The number of non-ortho nitro benzene ring substituents is 1. The first kappa shape index (κ1) is 17.3. The third kappa shape index (κ3) is 2.99. The molecular weight excluding hydrogens is 348 g/mol. The number of hydrogen-bond donors (Lipinski definition) is 0. The summed E-state index contributed by atoms with van der Waals surface area (Å²) in [6.07, 6.45) is 7.81. The molecule has 0 spiro atoms. The molecule has 1 saturated carbocycles. The summed E-state index contributed by atoms with van der Waals surface area (Å²) in [5.41, 5.74) is 1.20. The lowest BCUT2D eigenvalue weighted by molar-refractivity contribution is -0.384. The molecule has 7 nitrogen and oxygen atoms in total. The van der Waals surface area contributed by atoms with Crippen LogP contribution in [0.15, 0.2) is 53.2 Å². The van der Waals surface area contributed by atoms with Crippen LogP contribution in [0.25, 0.3) is 0 Å². The van der Waals surface area contributed by atoms with Gasteiger partial charge in [-0.15, -0.1) is 0 Å². The number of nitro benzene ring substituents is 1. The van der Waals surface area contributed by atoms with Gasteiger partial charge in [-0.2, -0.15) is 0 Å². The molecule has 4 atom stereocenters. The smallest absolute Gasteiger partial charge is 0.313 e. The molecule has 0 amide bonds. The number of benzene rings is 1. The molecule has 138 valence electrons. The van der Waals surface area contributed by atoms with Crippen LogP contribution in [-0.4, -0.2) is 22.4 Å². The van der Waals surface area contributed by atoms with Crippen molar-refractivity contribution in [3.05, 3.63) is 63.7 Å². The number of allylic oxidation sites excluding steroid dienone is 4. The van der Waals surface area contributed by atoms with E-state index in [-0.39, 0.29) is 40.7 Å². The molecule has 7 heteroatoms. The first-order valence-electron chi connectivity index (χ1n) is 8.90. The van der Waals surface area contributed by atoms with E-state index in [1.807, 2.05) is 0 Å². The zero-order valence-electron chi connectivity index (χ0n) is 14.7. The van der Waals surface area contributed by atoms with E-state index >= 15 is 0 Å². The van der Waals surface area contributed by atoms with Crippen molar-refractivity contribution in [3.8, 4) is 0 Å². The second-order valence-electron chi connectivity index (χ2n) is 7.23. The lowest BCUT2D eigenvalue weighted by Crippen LogP contribution is -2.47. The largest absolute Gasteiger partial charge is 0.365 e. The Morgan fingerprint density at radius 3 is 2.59 bits per heavy atom. The molecule has 0 aromatic heterocycles. The summed E-state index contributed by atoms with van der Waals surface area (Å²) in [4.78, 5) is 40.2. The molecule has 2 bridgehead atoms. The van der Waals surface area contributed by atoms with Crippen molar-refractivity contribution < 1.29 is 19.3 Å². The van der Waals surface area contributed by atoms with Crippen molar-refractivity contribution in [1.29, 1.82) is 0 Å². The summed E-state index contributed by atoms with van der Waals surface area (Å²) in [5.74, 6) is -0.460. The van der Waals surface area contributed by atoms with Crippen molar-refractivity contribution in [1.82, 2.24) is 0 Å². The van der Waals surface area contributed by atoms with Gasteiger partial charge in [0, 0.05) is 24.0 Å². The lowest BCUT2D eigenvalue weighted by atomic mass is 9.57. The van der Waals surface area contributed by atoms with Gasteiger partial charge in [-0.3, -0.25) is 14.9 Å². The monoisotopic (exact) mass is 366 g/mol. The van der Waals surface area contributed by atoms with Crippen molar-refractivity contribution in [2.24, 2.45) is 28.8 Å². The van der Waals surface area contributed by atoms with E-state index in [0.717, 1.165) is 18.9 Å². The minimum Gasteiger partial charge on any atom is -0.313 e. The number of nitro groups is 1. The Morgan fingerprint density at radius 2 is 1.93 bits per heavy atom. The van der Waals surface area contributed by atoms with Gasteiger partial charge in [0.15, 0.2) is 5.78 Å². The summed E-state index contributed by atoms with van der Waals surface area (Å²) >= 11 is 0. The number of nitrogens with zero attached hydrogens (tertiary/aromatic N) is 2. The number of hydrogen-bond acceptors (Lipinski definition) is 6. The molecule has 4 aliphatic carbocycles. The average Bonchev–Trinajstić information content (AvgIpc) is 2.68. The topological polar surface area (TPSA) is 98.9 Å². The van der Waals surface area contributed by atoms with Crippen LogP contribution in [0.1, 0.15) is 30.1 Å². The highest BCUT2D eigenvalue weighted by Gasteiger charge is 2.48.